The molecule has 0 spiro atoms. The van der Waals surface area contributed by atoms with Gasteiger partial charge in [0.2, 0.25) is 11.8 Å². The molecule has 1 saturated heterocycles. The monoisotopic (exact) mass is 699 g/mol. The molecule has 2 aliphatic carbocycles. The Morgan fingerprint density at radius 1 is 1.08 bits per heavy atom. The van der Waals surface area contributed by atoms with Gasteiger partial charge in [-0.15, -0.1) is 6.58 Å². The zero-order valence-corrected chi connectivity index (χ0v) is 29.9. The van der Waals surface area contributed by atoms with Crippen LogP contribution in [0.25, 0.3) is 10.9 Å². The van der Waals surface area contributed by atoms with Crippen molar-refractivity contribution in [3.05, 3.63) is 118 Å². The van der Waals surface area contributed by atoms with Gasteiger partial charge in [-0.05, 0) is 48.8 Å². The number of ketones is 1. The molecule has 2 heterocycles. The number of Topliss-reactive ketones (excluding diaryl/α,β-unsaturated/α-hetero) is 1. The van der Waals surface area contributed by atoms with Gasteiger partial charge in [-0.3, -0.25) is 14.4 Å². The third-order valence-electron chi connectivity index (χ3n) is 9.65. The molecule has 3 aliphatic rings. The van der Waals surface area contributed by atoms with Crippen molar-refractivity contribution in [2.75, 3.05) is 26.2 Å². The summed E-state index contributed by atoms with van der Waals surface area (Å²) in [6.07, 6.45) is 9.69. The van der Waals surface area contributed by atoms with Gasteiger partial charge >= 0.3 is 6.03 Å². The molecule has 10 heteroatoms. The average Bonchev–Trinajstić information content (AvgIpc) is 3.94. The number of aromatic nitrogens is 1. The number of nitrogens with zero attached hydrogens (tertiary/aromatic N) is 3. The molecule has 3 N–H and O–H groups in total. The second-order valence-corrected chi connectivity index (χ2v) is 13.6. The van der Waals surface area contributed by atoms with Crippen LogP contribution in [0.4, 0.5) is 4.79 Å². The maximum Gasteiger partial charge on any atom is 0.316 e. The van der Waals surface area contributed by atoms with E-state index in [9.17, 15) is 19.2 Å². The Kier molecular flexibility index (Phi) is 11.6. The minimum Gasteiger partial charge on any atom is -0.346 e. The van der Waals surface area contributed by atoms with Crippen molar-refractivity contribution in [3.63, 3.8) is 0 Å². The number of piperazine rings is 1. The first kappa shape index (κ1) is 36.2. The number of hydrogen-bond donors (Lipinski definition) is 3. The van der Waals surface area contributed by atoms with Crippen LogP contribution in [-0.2, 0) is 29.1 Å². The van der Waals surface area contributed by atoms with Crippen molar-refractivity contribution in [2.24, 2.45) is 5.92 Å². The summed E-state index contributed by atoms with van der Waals surface area (Å²) in [5.74, 6) is -0.279. The van der Waals surface area contributed by atoms with Crippen LogP contribution in [0.3, 0.4) is 0 Å². The van der Waals surface area contributed by atoms with Crippen LogP contribution in [0, 0.1) is 18.9 Å². The first-order valence-corrected chi connectivity index (χ1v) is 18.1. The van der Waals surface area contributed by atoms with E-state index < -0.39 is 18.2 Å². The molecule has 0 unspecified atom stereocenters. The normalized spacial score (nSPS) is 17.8. The summed E-state index contributed by atoms with van der Waals surface area (Å²) in [4.78, 5) is 58.7. The van der Waals surface area contributed by atoms with Gasteiger partial charge in [-0.25, -0.2) is 4.79 Å². The number of urea groups is 1. The van der Waals surface area contributed by atoms with Crippen molar-refractivity contribution in [3.8, 4) is 0 Å². The van der Waals surface area contributed by atoms with Gasteiger partial charge in [-0.1, -0.05) is 78.9 Å². The van der Waals surface area contributed by atoms with Crippen LogP contribution in [-0.4, -0.2) is 76.4 Å². The van der Waals surface area contributed by atoms with Crippen LogP contribution in [0.2, 0.25) is 0 Å². The summed E-state index contributed by atoms with van der Waals surface area (Å²) in [6.45, 7) is 9.39. The zero-order chi connectivity index (χ0) is 36.6. The number of benzene rings is 2. The van der Waals surface area contributed by atoms with Crippen molar-refractivity contribution in [1.82, 2.24) is 30.3 Å². The Bertz CT molecular complexity index is 2060. The molecule has 0 bridgehead atoms. The minimum atomic E-state index is -0.895. The molecule has 1 aliphatic heterocycles. The van der Waals surface area contributed by atoms with Crippen molar-refractivity contribution >= 4 is 34.5 Å². The van der Waals surface area contributed by atoms with E-state index in [1.54, 1.807) is 11.0 Å². The maximum absolute atomic E-state index is 14.7. The molecular formula is C42H47N6O4. The van der Waals surface area contributed by atoms with Crippen LogP contribution in [0.5, 0.6) is 0 Å². The fourth-order valence-corrected chi connectivity index (χ4v) is 6.82. The zero-order valence-electron chi connectivity index (χ0n) is 29.9. The lowest BCUT2D eigenvalue weighted by Crippen LogP contribution is -2.69. The Balaban J connectivity index is 0.00000541. The molecule has 4 amide bonds. The number of nitrogens with one attached hydrogen (secondary N) is 3. The first-order chi connectivity index (χ1) is 25.3. The fraction of sp³-hybridized carbons (Fsp3) is 0.381. The molecule has 269 valence electrons. The first-order valence-electron chi connectivity index (χ1n) is 18.1. The Morgan fingerprint density at radius 3 is 2.60 bits per heavy atom. The van der Waals surface area contributed by atoms with Crippen molar-refractivity contribution in [1.29, 1.82) is 0 Å². The summed E-state index contributed by atoms with van der Waals surface area (Å²) in [7, 11) is 0. The highest BCUT2D eigenvalue weighted by molar-refractivity contribution is 6.10. The molecule has 6 rings (SSSR count). The lowest BCUT2D eigenvalue weighted by molar-refractivity contribution is -0.156. The van der Waals surface area contributed by atoms with E-state index in [0.717, 1.165) is 65.4 Å². The molecule has 2 fully saturated rings. The summed E-state index contributed by atoms with van der Waals surface area (Å²) in [5.41, 5.74) is 15.9. The number of carbonyl (C=O) groups is 4. The summed E-state index contributed by atoms with van der Waals surface area (Å²) >= 11 is 0. The number of para-hydroxylation sites is 1. The lowest BCUT2D eigenvalue weighted by Gasteiger charge is -2.46. The average molecular weight is 700 g/mol. The van der Waals surface area contributed by atoms with Crippen LogP contribution >= 0.6 is 0 Å². The molecule has 10 nitrogen and oxygen atoms in total. The number of hydrogen-bond acceptors (Lipinski definition) is 5. The van der Waals surface area contributed by atoms with Crippen molar-refractivity contribution < 1.29 is 20.6 Å². The molecule has 1 saturated carbocycles. The number of carbonyl (C=O) groups excluding carboxylic acids is 4. The quantitative estimate of drug-likeness (QED) is 0.0830. The van der Waals surface area contributed by atoms with Crippen LogP contribution in [0.1, 0.15) is 61.1 Å². The van der Waals surface area contributed by atoms with E-state index in [1.807, 2.05) is 55.6 Å². The number of aryl methyl sites for hydroxylation is 2. The number of amides is 4. The number of fused-ring (bicyclic) bond motifs is 1. The van der Waals surface area contributed by atoms with E-state index >= 15 is 0 Å². The molecule has 2 aromatic carbocycles. The second-order valence-electron chi connectivity index (χ2n) is 13.6. The molecule has 1 radical (unpaired) electrons. The van der Waals surface area contributed by atoms with E-state index in [2.05, 4.69) is 63.0 Å². The summed E-state index contributed by atoms with van der Waals surface area (Å²) in [5, 5.41) is 9.77. The largest absolute Gasteiger partial charge is 0.346 e. The Labute approximate surface area is 306 Å². The minimum absolute atomic E-state index is 0. The van der Waals surface area contributed by atoms with Gasteiger partial charge in [0.1, 0.15) is 12.2 Å². The fourth-order valence-electron chi connectivity index (χ4n) is 6.82. The molecular weight excluding hydrogens is 653 g/mol. The Morgan fingerprint density at radius 2 is 1.88 bits per heavy atom. The topological polar surface area (TPSA) is 116 Å². The molecule has 3 aromatic rings. The molecule has 52 heavy (non-hydrogen) atoms. The van der Waals surface area contributed by atoms with Gasteiger partial charge < -0.3 is 30.3 Å². The standard InChI is InChI=1S/C42H45N6O4.H2/c1-4-6-22-46-27-35(40(50)32-19-20-32)34-14-10-13-33(39(34)46)26-47-28-37(45-42(52)44-24-31-11-8-7-9-12-31)48(38(49)25-43-21-5-2)36(41(47)51)23-30-17-15-29(3)16-18-30;/h5,10,13-18,27,32,36-37,43H,2,4,6,19-26,28H2,1,3H3,(H2,44,45,52);1H/t36-,37+;/m0./s1. The lowest BCUT2D eigenvalue weighted by atomic mass is 9.98. The Hall–Kier alpha value is -5.58. The van der Waals surface area contributed by atoms with E-state index in [0.29, 0.717) is 12.1 Å². The predicted molar refractivity (Wildman–Crippen MR) is 201 cm³/mol. The molecule has 2 atom stereocenters. The third kappa shape index (κ3) is 8.47. The van der Waals surface area contributed by atoms with Crippen LogP contribution < -0.4 is 16.0 Å². The molecule has 1 aromatic heterocycles. The summed E-state index contributed by atoms with van der Waals surface area (Å²) < 4.78 is 2.16. The van der Waals surface area contributed by atoms with Gasteiger partial charge in [0.15, 0.2) is 5.78 Å². The highest BCUT2D eigenvalue weighted by Gasteiger charge is 2.44. The van der Waals surface area contributed by atoms with Gasteiger partial charge in [-0.2, -0.15) is 0 Å². The van der Waals surface area contributed by atoms with Crippen LogP contribution in [0.15, 0.2) is 89.8 Å². The van der Waals surface area contributed by atoms with E-state index in [-0.39, 0.29) is 57.5 Å². The number of unbranched alkanes of at least 4 members (excludes halogenated alkanes) is 1. The highest BCUT2D eigenvalue weighted by Crippen LogP contribution is 2.36. The van der Waals surface area contributed by atoms with Gasteiger partial charge in [0, 0.05) is 56.1 Å². The smallest absolute Gasteiger partial charge is 0.316 e. The summed E-state index contributed by atoms with van der Waals surface area (Å²) in [6, 6.07) is 12.4. The maximum atomic E-state index is 14.7. The van der Waals surface area contributed by atoms with Gasteiger partial charge in [0.25, 0.3) is 0 Å². The SMILES string of the molecule is C=CCNCC(=O)N1[C@@H](NC(=O)NCC2=C=C=C=C=[C]2)CN(Cc2cccc3c(C(=O)C4CC4)cn(CCCC)c23)C(=O)[C@@H]1Cc1ccc(C)cc1.[HH]. The van der Waals surface area contributed by atoms with E-state index in [1.165, 1.54) is 4.90 Å². The van der Waals surface area contributed by atoms with Crippen molar-refractivity contribution in [2.45, 2.75) is 71.2 Å². The predicted octanol–water partition coefficient (Wildman–Crippen LogP) is 5.14. The van der Waals surface area contributed by atoms with E-state index in [4.69, 9.17) is 0 Å². The van der Waals surface area contributed by atoms with Gasteiger partial charge in [0.05, 0.1) is 31.2 Å². The highest BCUT2D eigenvalue weighted by atomic mass is 16.2. The number of rotatable bonds is 16. The second kappa shape index (κ2) is 16.6. The third-order valence-corrected chi connectivity index (χ3v) is 9.65.